The molecule has 0 aliphatic rings. The molecule has 0 aliphatic carbocycles. The van der Waals surface area contributed by atoms with Crippen LogP contribution in [-0.4, -0.2) is 65.5 Å². The van der Waals surface area contributed by atoms with Gasteiger partial charge in [-0.1, -0.05) is 72.8 Å². The van der Waals surface area contributed by atoms with Crippen LogP contribution in [0, 0.1) is 0 Å². The van der Waals surface area contributed by atoms with Gasteiger partial charge >= 0.3 is 0 Å². The molecule has 3 aromatic carbocycles. The van der Waals surface area contributed by atoms with Gasteiger partial charge in [0.05, 0.1) is 18.5 Å². The molecule has 10 nitrogen and oxygen atoms in total. The van der Waals surface area contributed by atoms with Crippen LogP contribution in [0.2, 0.25) is 0 Å². The minimum atomic E-state index is -0.921. The highest BCUT2D eigenvalue weighted by molar-refractivity contribution is 5.90. The Morgan fingerprint density at radius 1 is 0.786 bits per heavy atom. The number of aromatic hydroxyl groups is 1. The first-order valence-corrected chi connectivity index (χ1v) is 13.8. The Balaban J connectivity index is 1.61. The molecule has 3 rings (SSSR count). The number of amides is 4. The van der Waals surface area contributed by atoms with Gasteiger partial charge in [0, 0.05) is 13.5 Å². The fraction of sp³-hybridized carbons (Fsp3) is 0.312. The maximum absolute atomic E-state index is 13.3. The predicted molar refractivity (Wildman–Crippen MR) is 160 cm³/mol. The zero-order valence-corrected chi connectivity index (χ0v) is 24.1. The number of nitrogens with one attached hydrogen (secondary N) is 3. The summed E-state index contributed by atoms with van der Waals surface area (Å²) in [5.74, 6) is -2.01. The third-order valence-corrected chi connectivity index (χ3v) is 6.99. The molecule has 0 spiro atoms. The summed E-state index contributed by atoms with van der Waals surface area (Å²) in [6.45, 7) is 3.05. The lowest BCUT2D eigenvalue weighted by Gasteiger charge is -2.31. The highest BCUT2D eigenvalue weighted by atomic mass is 16.3. The molecule has 42 heavy (non-hydrogen) atoms. The molecule has 0 aromatic heterocycles. The maximum Gasteiger partial charge on any atom is 0.246 e. The van der Waals surface area contributed by atoms with Gasteiger partial charge in [-0.2, -0.15) is 0 Å². The predicted octanol–water partition coefficient (Wildman–Crippen LogP) is 1.83. The van der Waals surface area contributed by atoms with E-state index in [1.807, 2.05) is 60.7 Å². The third kappa shape index (κ3) is 9.45. The second kappa shape index (κ2) is 15.3. The van der Waals surface area contributed by atoms with Crippen molar-refractivity contribution in [1.29, 1.82) is 0 Å². The van der Waals surface area contributed by atoms with E-state index in [4.69, 9.17) is 5.73 Å². The quantitative estimate of drug-likeness (QED) is 0.197. The van der Waals surface area contributed by atoms with Gasteiger partial charge in [-0.25, -0.2) is 0 Å². The highest BCUT2D eigenvalue weighted by Crippen LogP contribution is 2.14. The van der Waals surface area contributed by atoms with Crippen LogP contribution in [0.25, 0.3) is 0 Å². The van der Waals surface area contributed by atoms with Gasteiger partial charge in [0.1, 0.15) is 18.0 Å². The van der Waals surface area contributed by atoms with E-state index in [1.54, 1.807) is 33.0 Å². The van der Waals surface area contributed by atoms with Crippen molar-refractivity contribution < 1.29 is 24.3 Å². The average Bonchev–Trinajstić information content (AvgIpc) is 3.00. The molecule has 0 saturated heterocycles. The van der Waals surface area contributed by atoms with Crippen molar-refractivity contribution in [3.63, 3.8) is 0 Å². The first-order valence-electron chi connectivity index (χ1n) is 13.8. The number of phenols is 1. The fourth-order valence-corrected chi connectivity index (χ4v) is 4.39. The van der Waals surface area contributed by atoms with E-state index in [0.29, 0.717) is 6.42 Å². The normalized spacial score (nSPS) is 13.6. The molecule has 1 unspecified atom stereocenters. The van der Waals surface area contributed by atoms with E-state index < -0.39 is 41.9 Å². The SMILES string of the molecule is CC(C(=O)NCC(=O)N[C@H](Cc1ccccc1)N(C)C(=O)[C@@H](C)NC(=O)[C@@H](N)Cc1ccc(O)cc1)c1ccccc1. The number of nitrogens with two attached hydrogens (primary N) is 1. The molecule has 0 aliphatic heterocycles. The number of hydrogen-bond acceptors (Lipinski definition) is 6. The van der Waals surface area contributed by atoms with E-state index in [9.17, 15) is 24.3 Å². The lowest BCUT2D eigenvalue weighted by molar-refractivity contribution is -0.138. The van der Waals surface area contributed by atoms with Crippen LogP contribution in [-0.2, 0) is 32.0 Å². The summed E-state index contributed by atoms with van der Waals surface area (Å²) in [6.07, 6.45) is -0.213. The van der Waals surface area contributed by atoms with E-state index in [0.717, 1.165) is 16.7 Å². The number of likely N-dealkylation sites (N-methyl/N-ethyl adjacent to an activating group) is 1. The van der Waals surface area contributed by atoms with Gasteiger partial charge in [0.2, 0.25) is 23.6 Å². The summed E-state index contributed by atoms with van der Waals surface area (Å²) >= 11 is 0. The Kier molecular flexibility index (Phi) is 11.6. The van der Waals surface area contributed by atoms with Gasteiger partial charge < -0.3 is 31.7 Å². The minimum Gasteiger partial charge on any atom is -0.508 e. The molecule has 3 aromatic rings. The molecule has 10 heteroatoms. The number of phenolic OH excluding ortho intramolecular Hbond substituents is 1. The van der Waals surface area contributed by atoms with Crippen LogP contribution in [0.5, 0.6) is 5.75 Å². The van der Waals surface area contributed by atoms with Crippen molar-refractivity contribution in [2.45, 2.75) is 50.9 Å². The van der Waals surface area contributed by atoms with E-state index in [1.165, 1.54) is 17.0 Å². The van der Waals surface area contributed by atoms with Gasteiger partial charge in [0.25, 0.3) is 0 Å². The number of carbonyl (C=O) groups is 4. The van der Waals surface area contributed by atoms with Crippen molar-refractivity contribution in [2.75, 3.05) is 13.6 Å². The summed E-state index contributed by atoms with van der Waals surface area (Å²) in [5, 5.41) is 17.6. The molecule has 222 valence electrons. The largest absolute Gasteiger partial charge is 0.508 e. The second-order valence-corrected chi connectivity index (χ2v) is 10.3. The molecule has 6 N–H and O–H groups in total. The Morgan fingerprint density at radius 2 is 1.36 bits per heavy atom. The van der Waals surface area contributed by atoms with Crippen molar-refractivity contribution >= 4 is 23.6 Å². The third-order valence-electron chi connectivity index (χ3n) is 6.99. The van der Waals surface area contributed by atoms with Crippen LogP contribution in [0.1, 0.15) is 36.5 Å². The highest BCUT2D eigenvalue weighted by Gasteiger charge is 2.28. The van der Waals surface area contributed by atoms with Gasteiger partial charge in [-0.3, -0.25) is 19.2 Å². The van der Waals surface area contributed by atoms with Crippen LogP contribution < -0.4 is 21.7 Å². The first kappa shape index (κ1) is 31.8. The zero-order chi connectivity index (χ0) is 30.6. The van der Waals surface area contributed by atoms with Crippen molar-refractivity contribution in [3.8, 4) is 5.75 Å². The van der Waals surface area contributed by atoms with Crippen LogP contribution >= 0.6 is 0 Å². The van der Waals surface area contributed by atoms with Crippen molar-refractivity contribution in [1.82, 2.24) is 20.9 Å². The van der Waals surface area contributed by atoms with Gasteiger partial charge in [0.15, 0.2) is 0 Å². The number of nitrogens with zero attached hydrogens (tertiary/aromatic N) is 1. The molecule has 0 bridgehead atoms. The molecule has 0 fully saturated rings. The number of rotatable bonds is 13. The number of hydrogen-bond donors (Lipinski definition) is 5. The Bertz CT molecular complexity index is 1330. The summed E-state index contributed by atoms with van der Waals surface area (Å²) in [5.41, 5.74) is 8.55. The lowest BCUT2D eigenvalue weighted by Crippen LogP contribution is -2.57. The summed E-state index contributed by atoms with van der Waals surface area (Å²) in [7, 11) is 1.55. The minimum absolute atomic E-state index is 0.111. The van der Waals surface area contributed by atoms with E-state index in [2.05, 4.69) is 16.0 Å². The Labute approximate surface area is 246 Å². The van der Waals surface area contributed by atoms with Gasteiger partial charge in [-0.05, 0) is 49.1 Å². The standard InChI is InChI=1S/C32H39N5O5/c1-21(25-12-8-5-9-13-25)30(40)34-20-29(39)36-28(19-23-10-6-4-7-11-23)37(3)32(42)22(2)35-31(41)27(33)18-24-14-16-26(38)17-15-24/h4-17,21-22,27-28,38H,18-20,33H2,1-3H3,(H,34,40)(H,35,41)(H,36,39)/t21?,22-,27+,28+/m1/s1. The van der Waals surface area contributed by atoms with Crippen molar-refractivity contribution in [2.24, 2.45) is 5.73 Å². The molecule has 0 heterocycles. The monoisotopic (exact) mass is 573 g/mol. The number of benzene rings is 3. The smallest absolute Gasteiger partial charge is 0.246 e. The summed E-state index contributed by atoms with van der Waals surface area (Å²) in [4.78, 5) is 53.0. The summed E-state index contributed by atoms with van der Waals surface area (Å²) < 4.78 is 0. The average molecular weight is 574 g/mol. The maximum atomic E-state index is 13.3. The van der Waals surface area contributed by atoms with Crippen LogP contribution in [0.3, 0.4) is 0 Å². The fourth-order valence-electron chi connectivity index (χ4n) is 4.39. The Morgan fingerprint density at radius 3 is 1.98 bits per heavy atom. The molecule has 0 saturated carbocycles. The van der Waals surface area contributed by atoms with E-state index in [-0.39, 0.29) is 24.6 Å². The molecule has 4 amide bonds. The molecule has 4 atom stereocenters. The second-order valence-electron chi connectivity index (χ2n) is 10.3. The summed E-state index contributed by atoms with van der Waals surface area (Å²) in [6, 6.07) is 23.2. The van der Waals surface area contributed by atoms with Crippen molar-refractivity contribution in [3.05, 3.63) is 102 Å². The molecular weight excluding hydrogens is 534 g/mol. The molecular formula is C32H39N5O5. The first-order chi connectivity index (χ1) is 20.0. The zero-order valence-electron chi connectivity index (χ0n) is 24.1. The topological polar surface area (TPSA) is 154 Å². The van der Waals surface area contributed by atoms with Crippen LogP contribution in [0.4, 0.5) is 0 Å². The van der Waals surface area contributed by atoms with Crippen LogP contribution in [0.15, 0.2) is 84.9 Å². The van der Waals surface area contributed by atoms with E-state index >= 15 is 0 Å². The lowest BCUT2D eigenvalue weighted by atomic mass is 10.0. The van der Waals surface area contributed by atoms with Gasteiger partial charge in [-0.15, -0.1) is 0 Å². The number of carbonyl (C=O) groups excluding carboxylic acids is 4. The Hall–Kier alpha value is -4.70. The molecule has 0 radical (unpaired) electrons.